The summed E-state index contributed by atoms with van der Waals surface area (Å²) in [7, 11) is 0. The number of hydrogen-bond acceptors (Lipinski definition) is 3. The Hall–Kier alpha value is -0.830. The van der Waals surface area contributed by atoms with Crippen molar-refractivity contribution in [2.75, 3.05) is 6.54 Å². The second-order valence-corrected chi connectivity index (χ2v) is 4.44. The van der Waals surface area contributed by atoms with Crippen molar-refractivity contribution in [3.05, 3.63) is 17.8 Å². The van der Waals surface area contributed by atoms with Crippen LogP contribution in [-0.4, -0.2) is 11.5 Å². The smallest absolute Gasteiger partial charge is 0.211 e. The minimum Gasteiger partial charge on any atom is -0.444 e. The third kappa shape index (κ3) is 4.04. The lowest BCUT2D eigenvalue weighted by Crippen LogP contribution is -2.19. The van der Waals surface area contributed by atoms with Crippen LogP contribution in [0.3, 0.4) is 0 Å². The molecule has 1 aromatic heterocycles. The Balaban J connectivity index is 2.51. The Morgan fingerprint density at radius 3 is 2.73 bits per heavy atom. The molecule has 1 rings (SSSR count). The minimum atomic E-state index is 0.214. The number of rotatable bonds is 6. The number of aromatic nitrogens is 1. The fraction of sp³-hybridized carbons (Fsp3) is 0.750. The largest absolute Gasteiger partial charge is 0.444 e. The van der Waals surface area contributed by atoms with Crippen molar-refractivity contribution < 1.29 is 4.42 Å². The second-order valence-electron chi connectivity index (χ2n) is 4.44. The van der Waals surface area contributed by atoms with Crippen molar-refractivity contribution in [3.63, 3.8) is 0 Å². The first kappa shape index (κ1) is 12.2. The lowest BCUT2D eigenvalue weighted by molar-refractivity contribution is 0.384. The van der Waals surface area contributed by atoms with Crippen LogP contribution in [0.4, 0.5) is 0 Å². The third-order valence-corrected chi connectivity index (χ3v) is 2.25. The molecular weight excluding hydrogens is 188 g/mol. The van der Waals surface area contributed by atoms with Crippen molar-refractivity contribution in [2.24, 2.45) is 5.92 Å². The molecule has 0 fully saturated rings. The van der Waals surface area contributed by atoms with Crippen LogP contribution in [0.1, 0.15) is 51.8 Å². The van der Waals surface area contributed by atoms with E-state index in [0.29, 0.717) is 5.92 Å². The van der Waals surface area contributed by atoms with Gasteiger partial charge in [-0.15, -0.1) is 0 Å². The first-order valence-electron chi connectivity index (χ1n) is 5.81. The average molecular weight is 210 g/mol. The molecule has 1 unspecified atom stereocenters. The molecular formula is C12H22N2O. The van der Waals surface area contributed by atoms with Gasteiger partial charge in [-0.05, 0) is 25.8 Å². The Bertz CT molecular complexity index is 281. The zero-order chi connectivity index (χ0) is 11.3. The van der Waals surface area contributed by atoms with Crippen molar-refractivity contribution >= 4 is 0 Å². The SMILES string of the molecule is CCCNC(C)c1ncc(CC(C)C)o1. The van der Waals surface area contributed by atoms with Crippen LogP contribution in [0, 0.1) is 5.92 Å². The van der Waals surface area contributed by atoms with Gasteiger partial charge in [0.1, 0.15) is 5.76 Å². The Kier molecular flexibility index (Phi) is 4.82. The van der Waals surface area contributed by atoms with Gasteiger partial charge in [-0.25, -0.2) is 4.98 Å². The summed E-state index contributed by atoms with van der Waals surface area (Å²) in [5.41, 5.74) is 0. The predicted octanol–water partition coefficient (Wildman–Crippen LogP) is 2.93. The van der Waals surface area contributed by atoms with Crippen molar-refractivity contribution in [1.29, 1.82) is 0 Å². The highest BCUT2D eigenvalue weighted by atomic mass is 16.4. The topological polar surface area (TPSA) is 38.1 Å². The van der Waals surface area contributed by atoms with Crippen LogP contribution in [0.25, 0.3) is 0 Å². The van der Waals surface area contributed by atoms with E-state index >= 15 is 0 Å². The molecule has 0 bridgehead atoms. The van der Waals surface area contributed by atoms with Crippen LogP contribution in [0.15, 0.2) is 10.6 Å². The number of hydrogen-bond donors (Lipinski definition) is 1. The summed E-state index contributed by atoms with van der Waals surface area (Å²) in [6.45, 7) is 9.60. The maximum Gasteiger partial charge on any atom is 0.211 e. The zero-order valence-electron chi connectivity index (χ0n) is 10.2. The van der Waals surface area contributed by atoms with Gasteiger partial charge in [0.25, 0.3) is 0 Å². The molecule has 0 saturated heterocycles. The van der Waals surface area contributed by atoms with Gasteiger partial charge < -0.3 is 9.73 Å². The first-order valence-corrected chi connectivity index (χ1v) is 5.81. The fourth-order valence-corrected chi connectivity index (χ4v) is 1.47. The lowest BCUT2D eigenvalue weighted by Gasteiger charge is -2.08. The molecule has 0 amide bonds. The van der Waals surface area contributed by atoms with Gasteiger partial charge in [0.2, 0.25) is 5.89 Å². The van der Waals surface area contributed by atoms with Crippen LogP contribution < -0.4 is 5.32 Å². The minimum absolute atomic E-state index is 0.214. The highest BCUT2D eigenvalue weighted by molar-refractivity contribution is 4.98. The molecule has 3 heteroatoms. The summed E-state index contributed by atoms with van der Waals surface area (Å²) in [6.07, 6.45) is 3.94. The van der Waals surface area contributed by atoms with Crippen LogP contribution in [0.5, 0.6) is 0 Å². The molecule has 0 radical (unpaired) electrons. The van der Waals surface area contributed by atoms with E-state index < -0.39 is 0 Å². The molecule has 15 heavy (non-hydrogen) atoms. The van der Waals surface area contributed by atoms with Crippen LogP contribution >= 0.6 is 0 Å². The number of oxazole rings is 1. The van der Waals surface area contributed by atoms with Gasteiger partial charge in [-0.2, -0.15) is 0 Å². The Morgan fingerprint density at radius 2 is 2.13 bits per heavy atom. The average Bonchev–Trinajstić information content (AvgIpc) is 2.61. The van der Waals surface area contributed by atoms with E-state index in [0.717, 1.165) is 31.0 Å². The van der Waals surface area contributed by atoms with Gasteiger partial charge in [0.15, 0.2) is 0 Å². The molecule has 1 heterocycles. The molecule has 3 nitrogen and oxygen atoms in total. The van der Waals surface area contributed by atoms with E-state index in [-0.39, 0.29) is 6.04 Å². The van der Waals surface area contributed by atoms with Gasteiger partial charge >= 0.3 is 0 Å². The van der Waals surface area contributed by atoms with E-state index in [9.17, 15) is 0 Å². The molecule has 0 saturated carbocycles. The first-order chi connectivity index (χ1) is 7.13. The maximum absolute atomic E-state index is 5.68. The molecule has 1 N–H and O–H groups in total. The molecule has 1 aromatic rings. The van der Waals surface area contributed by atoms with E-state index in [1.54, 1.807) is 0 Å². The summed E-state index contributed by atoms with van der Waals surface area (Å²) in [5.74, 6) is 2.41. The summed E-state index contributed by atoms with van der Waals surface area (Å²) < 4.78 is 5.68. The van der Waals surface area contributed by atoms with E-state index in [4.69, 9.17) is 4.42 Å². The molecule has 0 aliphatic carbocycles. The third-order valence-electron chi connectivity index (χ3n) is 2.25. The van der Waals surface area contributed by atoms with E-state index in [2.05, 4.69) is 38.0 Å². The van der Waals surface area contributed by atoms with Gasteiger partial charge in [0.05, 0.1) is 12.2 Å². The standard InChI is InChI=1S/C12H22N2O/c1-5-6-13-10(4)12-14-8-11(15-12)7-9(2)3/h8-10,13H,5-7H2,1-4H3. The molecule has 1 atom stereocenters. The van der Waals surface area contributed by atoms with Gasteiger partial charge in [-0.1, -0.05) is 20.8 Å². The summed E-state index contributed by atoms with van der Waals surface area (Å²) in [4.78, 5) is 4.29. The fourth-order valence-electron chi connectivity index (χ4n) is 1.47. The van der Waals surface area contributed by atoms with E-state index in [1.807, 2.05) is 6.20 Å². The van der Waals surface area contributed by atoms with E-state index in [1.165, 1.54) is 0 Å². The normalized spacial score (nSPS) is 13.4. The highest BCUT2D eigenvalue weighted by Crippen LogP contribution is 2.15. The summed E-state index contributed by atoms with van der Waals surface area (Å²) in [6, 6.07) is 0.214. The van der Waals surface area contributed by atoms with Crippen molar-refractivity contribution in [2.45, 2.75) is 46.6 Å². The predicted molar refractivity (Wildman–Crippen MR) is 61.8 cm³/mol. The maximum atomic E-state index is 5.68. The quantitative estimate of drug-likeness (QED) is 0.784. The summed E-state index contributed by atoms with van der Waals surface area (Å²) >= 11 is 0. The van der Waals surface area contributed by atoms with Gasteiger partial charge in [-0.3, -0.25) is 0 Å². The second kappa shape index (κ2) is 5.91. The Labute approximate surface area is 92.3 Å². The molecule has 0 aromatic carbocycles. The van der Waals surface area contributed by atoms with Crippen LogP contribution in [-0.2, 0) is 6.42 Å². The molecule has 0 spiro atoms. The Morgan fingerprint density at radius 1 is 1.40 bits per heavy atom. The number of nitrogens with zero attached hydrogens (tertiary/aromatic N) is 1. The summed E-state index contributed by atoms with van der Waals surface area (Å²) in [5, 5.41) is 3.36. The zero-order valence-corrected chi connectivity index (χ0v) is 10.2. The monoisotopic (exact) mass is 210 g/mol. The molecule has 0 aliphatic rings. The van der Waals surface area contributed by atoms with Crippen molar-refractivity contribution in [1.82, 2.24) is 10.3 Å². The lowest BCUT2D eigenvalue weighted by atomic mass is 10.1. The van der Waals surface area contributed by atoms with Gasteiger partial charge in [0, 0.05) is 6.42 Å². The molecule has 0 aliphatic heterocycles. The highest BCUT2D eigenvalue weighted by Gasteiger charge is 2.11. The van der Waals surface area contributed by atoms with Crippen molar-refractivity contribution in [3.8, 4) is 0 Å². The molecule has 86 valence electrons. The number of nitrogens with one attached hydrogen (secondary N) is 1. The van der Waals surface area contributed by atoms with Crippen LogP contribution in [0.2, 0.25) is 0 Å².